The van der Waals surface area contributed by atoms with Gasteiger partial charge >= 0.3 is 5.97 Å². The van der Waals surface area contributed by atoms with Crippen molar-refractivity contribution in [3.05, 3.63) is 35.4 Å². The Hall–Kier alpha value is -2.02. The molecule has 1 fully saturated rings. The molecule has 1 aromatic carbocycles. The Bertz CT molecular complexity index is 535. The summed E-state index contributed by atoms with van der Waals surface area (Å²) in [5.74, 6) is -3.63. The van der Waals surface area contributed by atoms with Crippen LogP contribution in [0.2, 0.25) is 0 Å². The van der Waals surface area contributed by atoms with Crippen LogP contribution in [0, 0.1) is 11.6 Å². The van der Waals surface area contributed by atoms with E-state index in [1.54, 1.807) is 0 Å². The second kappa shape index (κ2) is 5.96. The third-order valence-electron chi connectivity index (χ3n) is 3.07. The van der Waals surface area contributed by atoms with Crippen LogP contribution in [0.25, 0.3) is 0 Å². The highest BCUT2D eigenvalue weighted by Crippen LogP contribution is 2.13. The Balaban J connectivity index is 2.09. The molecule has 1 aliphatic rings. The average molecular weight is 285 g/mol. The largest absolute Gasteiger partial charge is 0.480 e. The lowest BCUT2D eigenvalue weighted by Crippen LogP contribution is -2.53. The van der Waals surface area contributed by atoms with Crippen molar-refractivity contribution in [2.24, 2.45) is 0 Å². The van der Waals surface area contributed by atoms with Crippen molar-refractivity contribution in [1.82, 2.24) is 4.90 Å². The van der Waals surface area contributed by atoms with E-state index in [-0.39, 0.29) is 26.2 Å². The lowest BCUT2D eigenvalue weighted by Gasteiger charge is -2.32. The summed E-state index contributed by atoms with van der Waals surface area (Å²) in [5.41, 5.74) is 0.296. The number of hydrogen-bond acceptors (Lipinski definition) is 3. The number of carbonyl (C=O) groups excluding carboxylic acids is 1. The molecule has 7 heteroatoms. The Morgan fingerprint density at radius 2 is 2.10 bits per heavy atom. The van der Waals surface area contributed by atoms with Crippen molar-refractivity contribution >= 4 is 11.9 Å². The van der Waals surface area contributed by atoms with Gasteiger partial charge in [-0.15, -0.1) is 0 Å². The number of carboxylic acids is 1. The fourth-order valence-electron chi connectivity index (χ4n) is 2.03. The molecule has 20 heavy (non-hydrogen) atoms. The molecule has 0 bridgehead atoms. The molecule has 5 nitrogen and oxygen atoms in total. The lowest BCUT2D eigenvalue weighted by atomic mass is 10.1. The van der Waals surface area contributed by atoms with Gasteiger partial charge in [0.05, 0.1) is 19.6 Å². The Morgan fingerprint density at radius 1 is 1.35 bits per heavy atom. The molecule has 2 rings (SSSR count). The number of carboxylic acid groups (broad SMARTS) is 1. The highest BCUT2D eigenvalue weighted by molar-refractivity contribution is 5.85. The summed E-state index contributed by atoms with van der Waals surface area (Å²) in [6, 6.07) is 2.13. The summed E-state index contributed by atoms with van der Waals surface area (Å²) in [6.45, 7) is 0.353. The van der Waals surface area contributed by atoms with Crippen molar-refractivity contribution in [1.29, 1.82) is 0 Å². The Morgan fingerprint density at radius 3 is 2.75 bits per heavy atom. The summed E-state index contributed by atoms with van der Waals surface area (Å²) in [5, 5.41) is 9.02. The van der Waals surface area contributed by atoms with Crippen molar-refractivity contribution in [3.63, 3.8) is 0 Å². The number of amides is 1. The lowest BCUT2D eigenvalue weighted by molar-refractivity contribution is -0.158. The molecule has 0 spiro atoms. The number of hydrogen-bond donors (Lipinski definition) is 1. The third-order valence-corrected chi connectivity index (χ3v) is 3.07. The van der Waals surface area contributed by atoms with Gasteiger partial charge in [0.25, 0.3) is 0 Å². The summed E-state index contributed by atoms with van der Waals surface area (Å²) in [6.07, 6.45) is -0.180. The zero-order valence-electron chi connectivity index (χ0n) is 10.5. The normalized spacial score (nSPS) is 18.9. The molecule has 108 valence electrons. The third kappa shape index (κ3) is 3.11. The van der Waals surface area contributed by atoms with Crippen LogP contribution < -0.4 is 0 Å². The first kappa shape index (κ1) is 14.4. The van der Waals surface area contributed by atoms with Gasteiger partial charge in [-0.3, -0.25) is 4.79 Å². The average Bonchev–Trinajstić information content (AvgIpc) is 2.43. The maximum Gasteiger partial charge on any atom is 0.328 e. The summed E-state index contributed by atoms with van der Waals surface area (Å²) < 4.78 is 30.9. The summed E-state index contributed by atoms with van der Waals surface area (Å²) in [4.78, 5) is 24.3. The highest BCUT2D eigenvalue weighted by atomic mass is 19.2. The van der Waals surface area contributed by atoms with Crippen LogP contribution in [0.5, 0.6) is 0 Å². The SMILES string of the molecule is O=C(O)[C@H]1COCCN1C(=O)Cc1ccc(F)c(F)c1. The predicted octanol–water partition coefficient (Wildman–Crippen LogP) is 0.819. The number of benzene rings is 1. The number of aliphatic carboxylic acids is 1. The van der Waals surface area contributed by atoms with Crippen LogP contribution >= 0.6 is 0 Å². The number of rotatable bonds is 3. The highest BCUT2D eigenvalue weighted by Gasteiger charge is 2.32. The molecule has 0 saturated carbocycles. The maximum atomic E-state index is 13.1. The Kier molecular flexibility index (Phi) is 4.29. The molecule has 0 aromatic heterocycles. The van der Waals surface area contributed by atoms with E-state index in [0.717, 1.165) is 12.1 Å². The van der Waals surface area contributed by atoms with Crippen LogP contribution in [0.15, 0.2) is 18.2 Å². The number of carbonyl (C=O) groups is 2. The van der Waals surface area contributed by atoms with Gasteiger partial charge in [0, 0.05) is 6.54 Å². The molecule has 1 amide bonds. The molecular weight excluding hydrogens is 272 g/mol. The van der Waals surface area contributed by atoms with E-state index in [9.17, 15) is 18.4 Å². The minimum atomic E-state index is -1.15. The Labute approximate surface area is 113 Å². The van der Waals surface area contributed by atoms with Crippen LogP contribution in [0.3, 0.4) is 0 Å². The predicted molar refractivity (Wildman–Crippen MR) is 64.0 cm³/mol. The first-order valence-corrected chi connectivity index (χ1v) is 6.03. The molecule has 1 saturated heterocycles. The minimum Gasteiger partial charge on any atom is -0.480 e. The zero-order valence-corrected chi connectivity index (χ0v) is 10.5. The first-order chi connectivity index (χ1) is 9.49. The molecule has 0 radical (unpaired) electrons. The molecule has 1 aromatic rings. The maximum absolute atomic E-state index is 13.1. The van der Waals surface area contributed by atoms with Gasteiger partial charge in [0.2, 0.25) is 5.91 Å². The first-order valence-electron chi connectivity index (χ1n) is 6.03. The van der Waals surface area contributed by atoms with Crippen LogP contribution in [-0.2, 0) is 20.7 Å². The minimum absolute atomic E-state index is 0.0706. The molecule has 1 aliphatic heterocycles. The van der Waals surface area contributed by atoms with Gasteiger partial charge in [-0.25, -0.2) is 13.6 Å². The fourth-order valence-corrected chi connectivity index (χ4v) is 2.03. The standard InChI is InChI=1S/C13H13F2NO4/c14-9-2-1-8(5-10(9)15)6-12(17)16-3-4-20-7-11(16)13(18)19/h1-2,5,11H,3-4,6-7H2,(H,18,19)/t11-/m1/s1. The molecule has 0 aliphatic carbocycles. The number of morpholine rings is 1. The van der Waals surface area contributed by atoms with Gasteiger partial charge in [-0.1, -0.05) is 6.07 Å². The number of ether oxygens (including phenoxy) is 1. The quantitative estimate of drug-likeness (QED) is 0.893. The molecular formula is C13H13F2NO4. The number of halogens is 2. The second-order valence-electron chi connectivity index (χ2n) is 4.44. The van der Waals surface area contributed by atoms with E-state index < -0.39 is 29.6 Å². The van der Waals surface area contributed by atoms with Gasteiger partial charge < -0.3 is 14.7 Å². The van der Waals surface area contributed by atoms with E-state index >= 15 is 0 Å². The van der Waals surface area contributed by atoms with E-state index in [4.69, 9.17) is 9.84 Å². The van der Waals surface area contributed by atoms with Crippen molar-refractivity contribution < 1.29 is 28.2 Å². The molecule has 1 atom stereocenters. The zero-order chi connectivity index (χ0) is 14.7. The topological polar surface area (TPSA) is 66.8 Å². The van der Waals surface area contributed by atoms with Gasteiger partial charge in [-0.2, -0.15) is 0 Å². The summed E-state index contributed by atoms with van der Waals surface area (Å²) in [7, 11) is 0. The van der Waals surface area contributed by atoms with Crippen LogP contribution in [0.1, 0.15) is 5.56 Å². The number of nitrogens with zero attached hydrogens (tertiary/aromatic N) is 1. The van der Waals surface area contributed by atoms with E-state index in [2.05, 4.69) is 0 Å². The second-order valence-corrected chi connectivity index (χ2v) is 4.44. The smallest absolute Gasteiger partial charge is 0.328 e. The van der Waals surface area contributed by atoms with E-state index in [1.807, 2.05) is 0 Å². The summed E-state index contributed by atoms with van der Waals surface area (Å²) >= 11 is 0. The van der Waals surface area contributed by atoms with E-state index in [1.165, 1.54) is 11.0 Å². The van der Waals surface area contributed by atoms with Crippen molar-refractivity contribution in [2.75, 3.05) is 19.8 Å². The van der Waals surface area contributed by atoms with Gasteiger partial charge in [-0.05, 0) is 17.7 Å². The van der Waals surface area contributed by atoms with Crippen molar-refractivity contribution in [2.45, 2.75) is 12.5 Å². The molecule has 1 N–H and O–H groups in total. The molecule has 1 heterocycles. The fraction of sp³-hybridized carbons (Fsp3) is 0.385. The van der Waals surface area contributed by atoms with Gasteiger partial charge in [0.15, 0.2) is 17.7 Å². The van der Waals surface area contributed by atoms with Crippen LogP contribution in [-0.4, -0.2) is 47.7 Å². The van der Waals surface area contributed by atoms with Crippen LogP contribution in [0.4, 0.5) is 8.78 Å². The van der Waals surface area contributed by atoms with Crippen molar-refractivity contribution in [3.8, 4) is 0 Å². The monoisotopic (exact) mass is 285 g/mol. The van der Waals surface area contributed by atoms with Gasteiger partial charge in [0.1, 0.15) is 0 Å². The molecule has 0 unspecified atom stereocenters. The van der Waals surface area contributed by atoms with E-state index in [0.29, 0.717) is 5.56 Å².